The molecule has 6 nitrogen and oxygen atoms in total. The minimum Gasteiger partial charge on any atom is -0.557 e. The van der Waals surface area contributed by atoms with E-state index in [0.717, 1.165) is 29.0 Å². The van der Waals surface area contributed by atoms with Crippen molar-refractivity contribution in [2.24, 2.45) is 7.05 Å². The van der Waals surface area contributed by atoms with Crippen molar-refractivity contribution in [2.75, 3.05) is 6.61 Å². The highest BCUT2D eigenvalue weighted by Gasteiger charge is 2.39. The molecule has 1 aromatic heterocycles. The van der Waals surface area contributed by atoms with Gasteiger partial charge < -0.3 is 18.8 Å². The third kappa shape index (κ3) is 6.06. The molecule has 2 rings (SSSR count). The molecule has 0 aliphatic carbocycles. The second-order valence-corrected chi connectivity index (χ2v) is 14.3. The Hall–Kier alpha value is -1.90. The number of benzene rings is 1. The summed E-state index contributed by atoms with van der Waals surface area (Å²) in [5.41, 5.74) is 3.10. The first-order valence-electron chi connectivity index (χ1n) is 10.5. The van der Waals surface area contributed by atoms with Crippen LogP contribution in [-0.4, -0.2) is 43.5 Å². The number of hydrogen-bond donors (Lipinski definition) is 2. The Labute approximate surface area is 182 Å². The fourth-order valence-electron chi connectivity index (χ4n) is 3.17. The summed E-state index contributed by atoms with van der Waals surface area (Å²) in [5, 5.41) is 16.6. The Bertz CT molecular complexity index is 831. The summed E-state index contributed by atoms with van der Waals surface area (Å²) in [4.78, 5) is 4.87. The van der Waals surface area contributed by atoms with Crippen molar-refractivity contribution in [2.45, 2.75) is 64.2 Å². The van der Waals surface area contributed by atoms with E-state index in [1.165, 1.54) is 0 Å². The largest absolute Gasteiger partial charge is 0.557 e. The average molecular weight is 429 g/mol. The van der Waals surface area contributed by atoms with Gasteiger partial charge in [-0.3, -0.25) is 5.41 Å². The molecule has 2 N–H and O–H groups in total. The molecule has 1 heterocycles. The Morgan fingerprint density at radius 3 is 2.43 bits per heavy atom. The van der Waals surface area contributed by atoms with Gasteiger partial charge in [-0.05, 0) is 37.0 Å². The van der Waals surface area contributed by atoms with E-state index in [1.54, 1.807) is 0 Å². The number of rotatable bonds is 10. The second kappa shape index (κ2) is 9.94. The van der Waals surface area contributed by atoms with Crippen LogP contribution in [0.2, 0.25) is 23.9 Å². The molecule has 0 amide bonds. The zero-order chi connectivity index (χ0) is 22.5. The van der Waals surface area contributed by atoms with Crippen LogP contribution in [0.1, 0.15) is 45.2 Å². The van der Waals surface area contributed by atoms with Gasteiger partial charge in [-0.15, -0.1) is 0 Å². The maximum Gasteiger partial charge on any atom is 0.347 e. The number of nitrogens with one attached hydrogen (secondary N) is 1. The number of nitrogens with zero attached hydrogens (tertiary/aromatic N) is 2. The van der Waals surface area contributed by atoms with Crippen molar-refractivity contribution >= 4 is 22.2 Å². The third-order valence-electron chi connectivity index (χ3n) is 6.00. The molecule has 0 saturated heterocycles. The van der Waals surface area contributed by atoms with Crippen molar-refractivity contribution < 1.29 is 14.2 Å². The number of aliphatic hydroxyl groups excluding tert-OH is 1. The van der Waals surface area contributed by atoms with Crippen molar-refractivity contribution in [3.63, 3.8) is 0 Å². The number of hydrogen-bond acceptors (Lipinski definition) is 5. The van der Waals surface area contributed by atoms with E-state index >= 15 is 0 Å². The fourth-order valence-corrected chi connectivity index (χ4v) is 4.52. The lowest BCUT2D eigenvalue weighted by Crippen LogP contribution is -2.41. The number of aromatic nitrogens is 2. The van der Waals surface area contributed by atoms with Gasteiger partial charge in [0.05, 0.1) is 5.69 Å². The monoisotopic (exact) mass is 429 g/mol. The van der Waals surface area contributed by atoms with Crippen LogP contribution >= 0.6 is 0 Å². The zero-order valence-electron chi connectivity index (χ0n) is 19.4. The van der Waals surface area contributed by atoms with Gasteiger partial charge in [-0.2, -0.15) is 0 Å². The normalized spacial score (nSPS) is 14.3. The summed E-state index contributed by atoms with van der Waals surface area (Å²) in [6, 6.07) is 8.25. The molecule has 2 unspecified atom stereocenters. The van der Waals surface area contributed by atoms with Gasteiger partial charge in [0, 0.05) is 31.2 Å². The zero-order valence-corrected chi connectivity index (χ0v) is 20.4. The number of aliphatic hydroxyl groups is 1. The van der Waals surface area contributed by atoms with Crippen LogP contribution in [0, 0.1) is 5.41 Å². The van der Waals surface area contributed by atoms with E-state index in [-0.39, 0.29) is 23.6 Å². The smallest absolute Gasteiger partial charge is 0.347 e. The van der Waals surface area contributed by atoms with Gasteiger partial charge >= 0.3 is 7.48 Å². The lowest BCUT2D eigenvalue weighted by molar-refractivity contribution is 0.190. The Morgan fingerprint density at radius 2 is 1.90 bits per heavy atom. The summed E-state index contributed by atoms with van der Waals surface area (Å²) >= 11 is 0. The average Bonchev–Trinajstić information content (AvgIpc) is 3.06. The molecule has 0 saturated carbocycles. The van der Waals surface area contributed by atoms with E-state index in [9.17, 15) is 5.11 Å². The van der Waals surface area contributed by atoms with Crippen LogP contribution < -0.4 is 0 Å². The van der Waals surface area contributed by atoms with Crippen molar-refractivity contribution in [3.05, 3.63) is 41.9 Å². The predicted molar refractivity (Wildman–Crippen MR) is 127 cm³/mol. The molecule has 8 heteroatoms. The van der Waals surface area contributed by atoms with Crippen LogP contribution in [-0.2, 0) is 22.5 Å². The highest BCUT2D eigenvalue weighted by molar-refractivity contribution is 6.74. The maximum atomic E-state index is 9.49. The van der Waals surface area contributed by atoms with E-state index in [4.69, 9.17) is 19.5 Å². The Kier molecular flexibility index (Phi) is 8.07. The second-order valence-electron chi connectivity index (χ2n) is 9.52. The van der Waals surface area contributed by atoms with Gasteiger partial charge in [-0.1, -0.05) is 45.0 Å². The lowest BCUT2D eigenvalue weighted by Gasteiger charge is -2.38. The summed E-state index contributed by atoms with van der Waals surface area (Å²) in [6.45, 7) is 13.4. The first kappa shape index (κ1) is 24.4. The Balaban J connectivity index is 2.13. The highest BCUT2D eigenvalue weighted by Crippen LogP contribution is 2.39. The van der Waals surface area contributed by atoms with E-state index < -0.39 is 8.32 Å². The molecule has 0 aliphatic rings. The molecule has 1 aromatic carbocycles. The molecule has 2 atom stereocenters. The van der Waals surface area contributed by atoms with Crippen molar-refractivity contribution in [1.29, 1.82) is 5.41 Å². The molecular formula is C22H36BN3O3Si. The molecule has 0 fully saturated rings. The quantitative estimate of drug-likeness (QED) is 0.332. The summed E-state index contributed by atoms with van der Waals surface area (Å²) in [7, 11) is 0.481. The van der Waals surface area contributed by atoms with E-state index in [1.807, 2.05) is 13.2 Å². The summed E-state index contributed by atoms with van der Waals surface area (Å²) in [6.07, 6.45) is 3.60. The lowest BCUT2D eigenvalue weighted by atomic mass is 9.76. The number of imidazole rings is 1. The fraction of sp³-hybridized carbons (Fsp3) is 0.545. The van der Waals surface area contributed by atoms with Gasteiger partial charge in [0.15, 0.2) is 8.32 Å². The standard InChI is InChI=1S/C22H36BN3O3Si/c1-16(29-30(6,7)22(2,3)4)21-25-20(13-26(21)5)18-10-8-17(9-11-18)12-19(14-27)23-28-15-24/h8-11,13,15-16,19,23-24,27H,12,14H2,1-7H3. The highest BCUT2D eigenvalue weighted by atomic mass is 28.4. The topological polar surface area (TPSA) is 80.4 Å². The van der Waals surface area contributed by atoms with Gasteiger partial charge in [0.25, 0.3) is 0 Å². The molecule has 164 valence electrons. The molecule has 30 heavy (non-hydrogen) atoms. The van der Waals surface area contributed by atoms with Gasteiger partial charge in [0.2, 0.25) is 0 Å². The van der Waals surface area contributed by atoms with E-state index in [2.05, 4.69) is 69.6 Å². The summed E-state index contributed by atoms with van der Waals surface area (Å²) in [5.74, 6) is 0.912. The molecule has 0 radical (unpaired) electrons. The minimum absolute atomic E-state index is 0.0211. The number of aryl methyl sites for hydroxylation is 1. The van der Waals surface area contributed by atoms with E-state index in [0.29, 0.717) is 13.9 Å². The maximum absolute atomic E-state index is 9.49. The summed E-state index contributed by atoms with van der Waals surface area (Å²) < 4.78 is 13.6. The minimum atomic E-state index is -1.88. The molecule has 0 bridgehead atoms. The molecular weight excluding hydrogens is 393 g/mol. The molecule has 0 spiro atoms. The predicted octanol–water partition coefficient (Wildman–Crippen LogP) is 4.47. The van der Waals surface area contributed by atoms with Crippen LogP contribution in [0.4, 0.5) is 0 Å². The third-order valence-corrected chi connectivity index (χ3v) is 10.6. The van der Waals surface area contributed by atoms with Crippen molar-refractivity contribution in [3.8, 4) is 11.3 Å². The SMILES string of the molecule is CC(O[Si](C)(C)C(C)(C)C)c1nc(-c2ccc(CC(BOC=N)CO)cc2)cn1C. The van der Waals surface area contributed by atoms with Crippen molar-refractivity contribution in [1.82, 2.24) is 9.55 Å². The molecule has 0 aliphatic heterocycles. The molecule has 2 aromatic rings. The van der Waals surface area contributed by atoms with Crippen LogP contribution in [0.15, 0.2) is 30.5 Å². The Morgan fingerprint density at radius 1 is 1.27 bits per heavy atom. The van der Waals surface area contributed by atoms with Crippen LogP contribution in [0.3, 0.4) is 0 Å². The van der Waals surface area contributed by atoms with Crippen LogP contribution in [0.25, 0.3) is 11.3 Å². The van der Waals surface area contributed by atoms with Crippen LogP contribution in [0.5, 0.6) is 0 Å². The van der Waals surface area contributed by atoms with Gasteiger partial charge in [0.1, 0.15) is 18.3 Å². The van der Waals surface area contributed by atoms with Gasteiger partial charge in [-0.25, -0.2) is 4.98 Å². The first-order valence-corrected chi connectivity index (χ1v) is 13.4. The first-order chi connectivity index (χ1) is 14.0.